The average Bonchev–Trinajstić information content (AvgIpc) is 2.85. The summed E-state index contributed by atoms with van der Waals surface area (Å²) in [6, 6.07) is 9.31. The number of piperidine rings is 1. The Balaban J connectivity index is 1.48. The standard InChI is InChI=1S/C20H29N3O3/c1-16(2)15-22-12-9-20(10-13-22)18(24)23(19(25)21-20)11-6-14-26-17-7-4-3-5-8-17/h3-5,7-8,16H,6,9-15H2,1-2H3,(H,21,25). The number of nitrogens with zero attached hydrogens (tertiary/aromatic N) is 2. The van der Waals surface area contributed by atoms with Crippen LogP contribution in [-0.4, -0.2) is 60.1 Å². The molecule has 3 amide bonds. The van der Waals surface area contributed by atoms with Gasteiger partial charge < -0.3 is 15.0 Å². The highest BCUT2D eigenvalue weighted by Crippen LogP contribution is 2.29. The summed E-state index contributed by atoms with van der Waals surface area (Å²) < 4.78 is 5.65. The minimum Gasteiger partial charge on any atom is -0.494 e. The van der Waals surface area contributed by atoms with Crippen LogP contribution in [0.15, 0.2) is 30.3 Å². The summed E-state index contributed by atoms with van der Waals surface area (Å²) in [5.74, 6) is 1.35. The van der Waals surface area contributed by atoms with Gasteiger partial charge in [0.05, 0.1) is 6.61 Å². The van der Waals surface area contributed by atoms with Crippen LogP contribution in [0.25, 0.3) is 0 Å². The number of imide groups is 1. The number of amides is 3. The van der Waals surface area contributed by atoms with E-state index < -0.39 is 5.54 Å². The van der Waals surface area contributed by atoms with E-state index >= 15 is 0 Å². The summed E-state index contributed by atoms with van der Waals surface area (Å²) >= 11 is 0. The maximum absolute atomic E-state index is 12.9. The topological polar surface area (TPSA) is 61.9 Å². The van der Waals surface area contributed by atoms with E-state index in [1.54, 1.807) is 0 Å². The second kappa shape index (κ2) is 8.08. The molecule has 2 fully saturated rings. The highest BCUT2D eigenvalue weighted by atomic mass is 16.5. The number of benzene rings is 1. The molecule has 1 aromatic carbocycles. The number of likely N-dealkylation sites (tertiary alicyclic amines) is 1. The molecule has 2 aliphatic heterocycles. The van der Waals surface area contributed by atoms with Crippen LogP contribution in [0.5, 0.6) is 5.75 Å². The molecule has 142 valence electrons. The van der Waals surface area contributed by atoms with Crippen molar-refractivity contribution in [1.82, 2.24) is 15.1 Å². The SMILES string of the molecule is CC(C)CN1CCC2(CC1)NC(=O)N(CCCOc1ccccc1)C2=O. The van der Waals surface area contributed by atoms with Crippen molar-refractivity contribution in [3.05, 3.63) is 30.3 Å². The number of rotatable bonds is 7. The number of hydrogen-bond acceptors (Lipinski definition) is 4. The molecule has 0 atom stereocenters. The highest BCUT2D eigenvalue weighted by molar-refractivity contribution is 6.07. The Morgan fingerprint density at radius 3 is 2.50 bits per heavy atom. The molecule has 0 radical (unpaired) electrons. The Morgan fingerprint density at radius 1 is 1.15 bits per heavy atom. The van der Waals surface area contributed by atoms with Gasteiger partial charge in [-0.05, 0) is 37.3 Å². The molecule has 1 aromatic rings. The predicted octanol–water partition coefficient (Wildman–Crippen LogP) is 2.50. The molecular formula is C20H29N3O3. The van der Waals surface area contributed by atoms with E-state index in [2.05, 4.69) is 24.1 Å². The molecule has 6 heteroatoms. The van der Waals surface area contributed by atoms with E-state index in [0.29, 0.717) is 38.3 Å². The number of ether oxygens (including phenoxy) is 1. The molecule has 0 aromatic heterocycles. The van der Waals surface area contributed by atoms with Gasteiger partial charge in [0.25, 0.3) is 5.91 Å². The second-order valence-electron chi connectivity index (χ2n) is 7.68. The van der Waals surface area contributed by atoms with E-state index in [1.165, 1.54) is 4.90 Å². The van der Waals surface area contributed by atoms with Gasteiger partial charge in [0.2, 0.25) is 0 Å². The average molecular weight is 359 g/mol. The van der Waals surface area contributed by atoms with Crippen molar-refractivity contribution in [3.8, 4) is 5.75 Å². The number of carbonyl (C=O) groups excluding carboxylic acids is 2. The van der Waals surface area contributed by atoms with E-state index in [9.17, 15) is 9.59 Å². The zero-order chi connectivity index (χ0) is 18.6. The number of hydrogen-bond donors (Lipinski definition) is 1. The largest absolute Gasteiger partial charge is 0.494 e. The molecule has 0 saturated carbocycles. The minimum absolute atomic E-state index is 0.0635. The summed E-state index contributed by atoms with van der Waals surface area (Å²) in [6.45, 7) is 8.03. The molecule has 0 unspecified atom stereocenters. The first kappa shape index (κ1) is 18.7. The minimum atomic E-state index is -0.690. The Kier molecular flexibility index (Phi) is 5.81. The third-order valence-corrected chi connectivity index (χ3v) is 5.12. The maximum atomic E-state index is 12.9. The first-order valence-corrected chi connectivity index (χ1v) is 9.54. The molecule has 0 aliphatic carbocycles. The van der Waals surface area contributed by atoms with Crippen LogP contribution in [0, 0.1) is 5.92 Å². The summed E-state index contributed by atoms with van der Waals surface area (Å²) in [6.07, 6.45) is 2.02. The number of para-hydroxylation sites is 1. The van der Waals surface area contributed by atoms with E-state index in [4.69, 9.17) is 4.74 Å². The lowest BCUT2D eigenvalue weighted by atomic mass is 9.87. The lowest BCUT2D eigenvalue weighted by Gasteiger charge is -2.37. The van der Waals surface area contributed by atoms with Crippen molar-refractivity contribution in [3.63, 3.8) is 0 Å². The van der Waals surface area contributed by atoms with Gasteiger partial charge in [0.15, 0.2) is 0 Å². The normalized spacial score (nSPS) is 20.0. The molecule has 1 N–H and O–H groups in total. The fraction of sp³-hybridized carbons (Fsp3) is 0.600. The zero-order valence-electron chi connectivity index (χ0n) is 15.7. The van der Waals surface area contributed by atoms with Gasteiger partial charge in [-0.2, -0.15) is 0 Å². The Hall–Kier alpha value is -2.08. The lowest BCUT2D eigenvalue weighted by Crippen LogP contribution is -2.55. The summed E-state index contributed by atoms with van der Waals surface area (Å²) in [5.41, 5.74) is -0.690. The van der Waals surface area contributed by atoms with Crippen LogP contribution < -0.4 is 10.1 Å². The van der Waals surface area contributed by atoms with Crippen molar-refractivity contribution >= 4 is 11.9 Å². The summed E-state index contributed by atoms with van der Waals surface area (Å²) in [4.78, 5) is 28.9. The van der Waals surface area contributed by atoms with Crippen molar-refractivity contribution in [2.75, 3.05) is 32.8 Å². The number of nitrogens with one attached hydrogen (secondary N) is 1. The van der Waals surface area contributed by atoms with Gasteiger partial charge in [-0.15, -0.1) is 0 Å². The van der Waals surface area contributed by atoms with E-state index in [-0.39, 0.29) is 11.9 Å². The maximum Gasteiger partial charge on any atom is 0.325 e. The van der Waals surface area contributed by atoms with Crippen molar-refractivity contribution in [2.24, 2.45) is 5.92 Å². The van der Waals surface area contributed by atoms with Gasteiger partial charge in [0.1, 0.15) is 11.3 Å². The van der Waals surface area contributed by atoms with Crippen molar-refractivity contribution in [1.29, 1.82) is 0 Å². The number of urea groups is 1. The first-order valence-electron chi connectivity index (χ1n) is 9.54. The molecule has 2 saturated heterocycles. The third-order valence-electron chi connectivity index (χ3n) is 5.12. The van der Waals surface area contributed by atoms with Crippen LogP contribution in [0.1, 0.15) is 33.1 Å². The molecule has 2 aliphatic rings. The summed E-state index contributed by atoms with van der Waals surface area (Å²) in [7, 11) is 0. The van der Waals surface area contributed by atoms with Crippen LogP contribution in [-0.2, 0) is 4.79 Å². The molecule has 1 spiro atoms. The van der Waals surface area contributed by atoms with Crippen LogP contribution >= 0.6 is 0 Å². The van der Waals surface area contributed by atoms with E-state index in [1.807, 2.05) is 30.3 Å². The molecule has 3 rings (SSSR count). The zero-order valence-corrected chi connectivity index (χ0v) is 15.7. The Labute approximate surface area is 155 Å². The quantitative estimate of drug-likeness (QED) is 0.600. The lowest BCUT2D eigenvalue weighted by molar-refractivity contribution is -0.133. The molecule has 0 bridgehead atoms. The van der Waals surface area contributed by atoms with Gasteiger partial charge >= 0.3 is 6.03 Å². The van der Waals surface area contributed by atoms with Gasteiger partial charge in [-0.1, -0.05) is 32.0 Å². The smallest absolute Gasteiger partial charge is 0.325 e. The summed E-state index contributed by atoms with van der Waals surface area (Å²) in [5, 5.41) is 2.97. The van der Waals surface area contributed by atoms with Crippen LogP contribution in [0.4, 0.5) is 4.79 Å². The van der Waals surface area contributed by atoms with Gasteiger partial charge in [-0.25, -0.2) is 4.79 Å². The number of carbonyl (C=O) groups is 2. The fourth-order valence-electron chi connectivity index (χ4n) is 3.78. The fourth-order valence-corrected chi connectivity index (χ4v) is 3.78. The second-order valence-corrected chi connectivity index (χ2v) is 7.68. The molecule has 26 heavy (non-hydrogen) atoms. The van der Waals surface area contributed by atoms with Gasteiger partial charge in [-0.3, -0.25) is 9.69 Å². The monoisotopic (exact) mass is 359 g/mol. The van der Waals surface area contributed by atoms with E-state index in [0.717, 1.165) is 25.4 Å². The van der Waals surface area contributed by atoms with Crippen LogP contribution in [0.2, 0.25) is 0 Å². The van der Waals surface area contributed by atoms with Crippen molar-refractivity contribution in [2.45, 2.75) is 38.6 Å². The third kappa shape index (κ3) is 4.18. The predicted molar refractivity (Wildman–Crippen MR) is 100 cm³/mol. The van der Waals surface area contributed by atoms with Crippen molar-refractivity contribution < 1.29 is 14.3 Å². The molecule has 6 nitrogen and oxygen atoms in total. The van der Waals surface area contributed by atoms with Crippen LogP contribution in [0.3, 0.4) is 0 Å². The Morgan fingerprint density at radius 2 is 1.85 bits per heavy atom. The Bertz CT molecular complexity index is 624. The first-order chi connectivity index (χ1) is 12.5. The molecular weight excluding hydrogens is 330 g/mol. The molecule has 2 heterocycles. The van der Waals surface area contributed by atoms with Gasteiger partial charge in [0, 0.05) is 26.2 Å². The highest BCUT2D eigenvalue weighted by Gasteiger charge is 2.51.